The molecule has 0 unspecified atom stereocenters. The average molecular weight is 310 g/mol. The lowest BCUT2D eigenvalue weighted by Crippen LogP contribution is -2.36. The summed E-state index contributed by atoms with van der Waals surface area (Å²) >= 11 is 0. The monoisotopic (exact) mass is 310 g/mol. The van der Waals surface area contributed by atoms with Crippen LogP contribution in [0.1, 0.15) is 55.4 Å². The number of rotatable bonds is 5. The first-order chi connectivity index (χ1) is 9.80. The molecule has 126 valence electrons. The van der Waals surface area contributed by atoms with Crippen LogP contribution in [0, 0.1) is 0 Å². The Morgan fingerprint density at radius 3 is 1.27 bits per heavy atom. The van der Waals surface area contributed by atoms with Crippen molar-refractivity contribution in [2.75, 3.05) is 22.6 Å². The van der Waals surface area contributed by atoms with E-state index in [1.165, 1.54) is 0 Å². The molecule has 0 aliphatic rings. The smallest absolute Gasteiger partial charge is 0.229 e. The summed E-state index contributed by atoms with van der Waals surface area (Å²) in [5.74, 6) is 1.41. The molecular weight excluding hydrogens is 280 g/mol. The van der Waals surface area contributed by atoms with Gasteiger partial charge in [-0.15, -0.1) is 0 Å². The quantitative estimate of drug-likeness (QED) is 0.663. The standard InChI is InChI=1S/C15H30N6O/c1-13(2,3)19-10-16-11(20-14(4,5)6)18-12(17-10)21-15(7,8)9-22/h22H,9H2,1-8H3,(H3,16,17,18,19,20,21). The Labute approximate surface area is 133 Å². The van der Waals surface area contributed by atoms with E-state index in [1.54, 1.807) is 0 Å². The molecule has 0 radical (unpaired) electrons. The summed E-state index contributed by atoms with van der Waals surface area (Å²) in [5.41, 5.74) is -0.840. The fraction of sp³-hybridized carbons (Fsp3) is 0.800. The van der Waals surface area contributed by atoms with Crippen molar-refractivity contribution in [1.29, 1.82) is 0 Å². The predicted octanol–water partition coefficient (Wildman–Crippen LogP) is 2.48. The lowest BCUT2D eigenvalue weighted by molar-refractivity contribution is 0.233. The zero-order chi connectivity index (χ0) is 17.2. The molecule has 0 saturated carbocycles. The lowest BCUT2D eigenvalue weighted by atomic mass is 10.1. The highest BCUT2D eigenvalue weighted by Gasteiger charge is 2.21. The highest BCUT2D eigenvalue weighted by molar-refractivity contribution is 5.45. The Morgan fingerprint density at radius 2 is 1.00 bits per heavy atom. The van der Waals surface area contributed by atoms with E-state index < -0.39 is 5.54 Å². The zero-order valence-corrected chi connectivity index (χ0v) is 15.0. The van der Waals surface area contributed by atoms with Gasteiger partial charge in [0.1, 0.15) is 0 Å². The maximum atomic E-state index is 9.40. The summed E-state index contributed by atoms with van der Waals surface area (Å²) in [5, 5.41) is 19.0. The minimum atomic E-state index is -0.515. The van der Waals surface area contributed by atoms with Gasteiger partial charge in [-0.1, -0.05) is 0 Å². The molecule has 1 aromatic heterocycles. The van der Waals surface area contributed by atoms with Crippen LogP contribution < -0.4 is 16.0 Å². The van der Waals surface area contributed by atoms with Crippen molar-refractivity contribution < 1.29 is 5.11 Å². The lowest BCUT2D eigenvalue weighted by Gasteiger charge is -2.26. The molecule has 22 heavy (non-hydrogen) atoms. The first-order valence-electron chi connectivity index (χ1n) is 7.51. The van der Waals surface area contributed by atoms with E-state index in [9.17, 15) is 5.11 Å². The second-order valence-electron chi connectivity index (χ2n) is 8.22. The molecule has 0 atom stereocenters. The molecule has 0 aliphatic heterocycles. The third-order valence-electron chi connectivity index (χ3n) is 2.45. The van der Waals surface area contributed by atoms with Gasteiger partial charge in [-0.2, -0.15) is 15.0 Å². The van der Waals surface area contributed by atoms with Crippen LogP contribution in [-0.2, 0) is 0 Å². The van der Waals surface area contributed by atoms with Crippen LogP contribution >= 0.6 is 0 Å². The number of anilines is 3. The fourth-order valence-corrected chi connectivity index (χ4v) is 1.56. The number of hydrogen-bond acceptors (Lipinski definition) is 7. The van der Waals surface area contributed by atoms with Crippen molar-refractivity contribution >= 4 is 17.8 Å². The molecule has 7 nitrogen and oxygen atoms in total. The minimum Gasteiger partial charge on any atom is -0.394 e. The maximum absolute atomic E-state index is 9.40. The van der Waals surface area contributed by atoms with Gasteiger partial charge in [0.05, 0.1) is 12.1 Å². The van der Waals surface area contributed by atoms with E-state index in [2.05, 4.69) is 30.9 Å². The van der Waals surface area contributed by atoms with E-state index in [-0.39, 0.29) is 17.7 Å². The van der Waals surface area contributed by atoms with Crippen LogP contribution in [0.5, 0.6) is 0 Å². The summed E-state index contributed by atoms with van der Waals surface area (Å²) in [4.78, 5) is 13.2. The maximum Gasteiger partial charge on any atom is 0.229 e. The van der Waals surface area contributed by atoms with Crippen LogP contribution in [0.25, 0.3) is 0 Å². The average Bonchev–Trinajstić information content (AvgIpc) is 2.22. The Bertz CT molecular complexity index is 467. The molecule has 0 fully saturated rings. The molecule has 1 rings (SSSR count). The van der Waals surface area contributed by atoms with Crippen molar-refractivity contribution in [1.82, 2.24) is 15.0 Å². The number of aromatic nitrogens is 3. The molecule has 0 bridgehead atoms. The van der Waals surface area contributed by atoms with Crippen LogP contribution in [-0.4, -0.2) is 43.3 Å². The second kappa shape index (κ2) is 6.24. The number of nitrogens with one attached hydrogen (secondary N) is 3. The Hall–Kier alpha value is -1.63. The second-order valence-corrected chi connectivity index (χ2v) is 8.22. The first-order valence-corrected chi connectivity index (χ1v) is 7.51. The van der Waals surface area contributed by atoms with Crippen LogP contribution in [0.4, 0.5) is 17.8 Å². The number of nitrogens with zero attached hydrogens (tertiary/aromatic N) is 3. The largest absolute Gasteiger partial charge is 0.394 e. The van der Waals surface area contributed by atoms with Crippen molar-refractivity contribution in [2.45, 2.75) is 72.0 Å². The number of hydrogen-bond donors (Lipinski definition) is 4. The molecule has 1 aromatic rings. The summed E-state index contributed by atoms with van der Waals surface area (Å²) in [6.45, 7) is 16.0. The van der Waals surface area contributed by atoms with Gasteiger partial charge < -0.3 is 21.1 Å². The zero-order valence-electron chi connectivity index (χ0n) is 15.0. The van der Waals surface area contributed by atoms with Gasteiger partial charge in [-0.3, -0.25) is 0 Å². The van der Waals surface area contributed by atoms with Crippen LogP contribution in [0.2, 0.25) is 0 Å². The number of aliphatic hydroxyl groups excluding tert-OH is 1. The van der Waals surface area contributed by atoms with Gasteiger partial charge in [-0.05, 0) is 55.4 Å². The van der Waals surface area contributed by atoms with Crippen LogP contribution in [0.15, 0.2) is 0 Å². The van der Waals surface area contributed by atoms with Crippen molar-refractivity contribution in [3.63, 3.8) is 0 Å². The van der Waals surface area contributed by atoms with Crippen LogP contribution in [0.3, 0.4) is 0 Å². The van der Waals surface area contributed by atoms with Gasteiger partial charge in [-0.25, -0.2) is 0 Å². The molecule has 0 saturated heterocycles. The molecule has 0 spiro atoms. The topological polar surface area (TPSA) is 95.0 Å². The van der Waals surface area contributed by atoms with E-state index in [0.717, 1.165) is 0 Å². The molecule has 0 aromatic carbocycles. The molecule has 0 aliphatic carbocycles. The van der Waals surface area contributed by atoms with E-state index in [1.807, 2.05) is 55.4 Å². The van der Waals surface area contributed by atoms with E-state index >= 15 is 0 Å². The summed E-state index contributed by atoms with van der Waals surface area (Å²) in [7, 11) is 0. The van der Waals surface area contributed by atoms with Gasteiger partial charge in [0, 0.05) is 11.1 Å². The SMILES string of the molecule is CC(C)(C)Nc1nc(NC(C)(C)C)nc(NC(C)(C)CO)n1. The van der Waals surface area contributed by atoms with Crippen molar-refractivity contribution in [2.24, 2.45) is 0 Å². The first kappa shape index (κ1) is 18.4. The Kier molecular flexibility index (Phi) is 5.22. The summed E-state index contributed by atoms with van der Waals surface area (Å²) in [6, 6.07) is 0. The van der Waals surface area contributed by atoms with Gasteiger partial charge in [0.15, 0.2) is 0 Å². The Morgan fingerprint density at radius 1 is 0.682 bits per heavy atom. The van der Waals surface area contributed by atoms with E-state index in [0.29, 0.717) is 17.8 Å². The highest BCUT2D eigenvalue weighted by Crippen LogP contribution is 2.19. The third kappa shape index (κ3) is 6.89. The van der Waals surface area contributed by atoms with Crippen molar-refractivity contribution in [3.05, 3.63) is 0 Å². The normalized spacial score (nSPS) is 13.0. The third-order valence-corrected chi connectivity index (χ3v) is 2.45. The van der Waals surface area contributed by atoms with E-state index in [4.69, 9.17) is 0 Å². The molecule has 4 N–H and O–H groups in total. The molecular formula is C15H30N6O. The summed E-state index contributed by atoms with van der Waals surface area (Å²) in [6.07, 6.45) is 0. The molecule has 1 heterocycles. The minimum absolute atomic E-state index is 0.0251. The summed E-state index contributed by atoms with van der Waals surface area (Å²) < 4.78 is 0. The molecule has 7 heteroatoms. The predicted molar refractivity (Wildman–Crippen MR) is 91.4 cm³/mol. The van der Waals surface area contributed by atoms with Gasteiger partial charge in [0.25, 0.3) is 0 Å². The molecule has 0 amide bonds. The van der Waals surface area contributed by atoms with Gasteiger partial charge >= 0.3 is 0 Å². The highest BCUT2D eigenvalue weighted by atomic mass is 16.3. The van der Waals surface area contributed by atoms with Gasteiger partial charge in [0.2, 0.25) is 17.8 Å². The Balaban J connectivity index is 3.14. The number of aliphatic hydroxyl groups is 1. The fourth-order valence-electron chi connectivity index (χ4n) is 1.56. The van der Waals surface area contributed by atoms with Crippen molar-refractivity contribution in [3.8, 4) is 0 Å².